The van der Waals surface area contributed by atoms with Crippen molar-refractivity contribution in [2.24, 2.45) is 5.92 Å². The molecule has 28 heavy (non-hydrogen) atoms. The highest BCUT2D eigenvalue weighted by Gasteiger charge is 2.35. The summed E-state index contributed by atoms with van der Waals surface area (Å²) in [6.45, 7) is 0.261. The van der Waals surface area contributed by atoms with Crippen LogP contribution in [0.2, 0.25) is 5.02 Å². The second-order valence-corrected chi connectivity index (χ2v) is 6.87. The molecule has 0 bridgehead atoms. The Morgan fingerprint density at radius 2 is 1.82 bits per heavy atom. The average molecular weight is 404 g/mol. The molecule has 3 amide bonds. The maximum Gasteiger partial charge on any atom is 0.239 e. The molecule has 0 aromatic heterocycles. The van der Waals surface area contributed by atoms with Gasteiger partial charge in [-0.1, -0.05) is 29.8 Å². The van der Waals surface area contributed by atoms with Crippen LogP contribution in [0.15, 0.2) is 48.5 Å². The maximum atomic E-state index is 13.0. The van der Waals surface area contributed by atoms with E-state index >= 15 is 0 Å². The fourth-order valence-corrected chi connectivity index (χ4v) is 3.17. The lowest BCUT2D eigenvalue weighted by Gasteiger charge is -2.16. The second-order valence-electron chi connectivity index (χ2n) is 6.47. The Morgan fingerprint density at radius 3 is 2.54 bits per heavy atom. The van der Waals surface area contributed by atoms with E-state index in [-0.39, 0.29) is 43.8 Å². The van der Waals surface area contributed by atoms with Crippen molar-refractivity contribution < 1.29 is 18.8 Å². The number of halogens is 2. The SMILES string of the molecule is O=C(CNC(=O)[C@@H]1CC(=O)N(c2ccc(F)cc2)C1)NCc1ccccc1Cl. The molecule has 2 aromatic carbocycles. The van der Waals surface area contributed by atoms with E-state index in [9.17, 15) is 18.8 Å². The molecule has 0 unspecified atom stereocenters. The van der Waals surface area contributed by atoms with Gasteiger partial charge in [0.25, 0.3) is 0 Å². The van der Waals surface area contributed by atoms with Crippen LogP contribution in [0.4, 0.5) is 10.1 Å². The summed E-state index contributed by atoms with van der Waals surface area (Å²) in [5, 5.41) is 5.79. The lowest BCUT2D eigenvalue weighted by molar-refractivity contribution is -0.129. The van der Waals surface area contributed by atoms with E-state index in [4.69, 9.17) is 11.6 Å². The first-order valence-electron chi connectivity index (χ1n) is 8.78. The van der Waals surface area contributed by atoms with Gasteiger partial charge in [0.05, 0.1) is 12.5 Å². The number of nitrogens with zero attached hydrogens (tertiary/aromatic N) is 1. The summed E-state index contributed by atoms with van der Waals surface area (Å²) in [6, 6.07) is 12.7. The largest absolute Gasteiger partial charge is 0.350 e. The van der Waals surface area contributed by atoms with E-state index in [0.717, 1.165) is 5.56 Å². The standard InChI is InChI=1S/C20H19ClFN3O3/c21-17-4-2-1-3-13(17)10-23-18(26)11-24-20(28)14-9-19(27)25(12-14)16-7-5-15(22)6-8-16/h1-8,14H,9-12H2,(H,23,26)(H,24,28)/t14-/m1/s1. The predicted octanol–water partition coefficient (Wildman–Crippen LogP) is 2.26. The summed E-state index contributed by atoms with van der Waals surface area (Å²) < 4.78 is 13.0. The first kappa shape index (κ1) is 19.8. The van der Waals surface area contributed by atoms with Crippen LogP contribution in [0.3, 0.4) is 0 Å². The third-order valence-electron chi connectivity index (χ3n) is 4.49. The van der Waals surface area contributed by atoms with E-state index < -0.39 is 11.7 Å². The molecule has 1 aliphatic rings. The Balaban J connectivity index is 1.47. The third-order valence-corrected chi connectivity index (χ3v) is 4.86. The van der Waals surface area contributed by atoms with Crippen LogP contribution in [0, 0.1) is 11.7 Å². The smallest absolute Gasteiger partial charge is 0.239 e. The third kappa shape index (κ3) is 4.86. The Bertz CT molecular complexity index is 889. The summed E-state index contributed by atoms with van der Waals surface area (Å²) in [6.07, 6.45) is 0.0461. The van der Waals surface area contributed by atoms with E-state index in [2.05, 4.69) is 10.6 Å². The molecule has 1 aliphatic heterocycles. The minimum absolute atomic E-state index is 0.0461. The zero-order chi connectivity index (χ0) is 20.1. The summed E-state index contributed by atoms with van der Waals surface area (Å²) in [5.41, 5.74) is 1.32. The van der Waals surface area contributed by atoms with Gasteiger partial charge in [0, 0.05) is 30.2 Å². The number of hydrogen-bond donors (Lipinski definition) is 2. The maximum absolute atomic E-state index is 13.0. The van der Waals surface area contributed by atoms with Gasteiger partial charge in [0.2, 0.25) is 17.7 Å². The molecule has 146 valence electrons. The van der Waals surface area contributed by atoms with Gasteiger partial charge in [-0.05, 0) is 35.9 Å². The Kier molecular flexibility index (Phi) is 6.26. The summed E-state index contributed by atoms with van der Waals surface area (Å²) in [7, 11) is 0. The zero-order valence-electron chi connectivity index (χ0n) is 15.0. The van der Waals surface area contributed by atoms with Crippen LogP contribution in [0.25, 0.3) is 0 Å². The Morgan fingerprint density at radius 1 is 1.11 bits per heavy atom. The number of carbonyl (C=O) groups is 3. The quantitative estimate of drug-likeness (QED) is 0.776. The van der Waals surface area contributed by atoms with Gasteiger partial charge >= 0.3 is 0 Å². The van der Waals surface area contributed by atoms with Crippen molar-refractivity contribution in [3.05, 3.63) is 64.9 Å². The molecule has 2 aromatic rings. The molecule has 1 saturated heterocycles. The highest BCUT2D eigenvalue weighted by Crippen LogP contribution is 2.25. The fraction of sp³-hybridized carbons (Fsp3) is 0.250. The van der Waals surface area contributed by atoms with Gasteiger partial charge in [-0.15, -0.1) is 0 Å². The van der Waals surface area contributed by atoms with E-state index in [1.54, 1.807) is 18.2 Å². The van der Waals surface area contributed by atoms with Crippen molar-refractivity contribution in [2.45, 2.75) is 13.0 Å². The molecule has 1 fully saturated rings. The van der Waals surface area contributed by atoms with Gasteiger partial charge in [0.1, 0.15) is 5.82 Å². The molecule has 8 heteroatoms. The molecule has 0 aliphatic carbocycles. The molecule has 2 N–H and O–H groups in total. The Labute approximate surface area is 166 Å². The van der Waals surface area contributed by atoms with Crippen LogP contribution < -0.4 is 15.5 Å². The highest BCUT2D eigenvalue weighted by atomic mass is 35.5. The molecule has 1 atom stereocenters. The molecule has 3 rings (SSSR count). The molecule has 6 nitrogen and oxygen atoms in total. The van der Waals surface area contributed by atoms with Gasteiger partial charge < -0.3 is 15.5 Å². The normalized spacial score (nSPS) is 16.1. The molecular formula is C20H19ClFN3O3. The van der Waals surface area contributed by atoms with E-state index in [1.165, 1.54) is 29.2 Å². The first-order valence-corrected chi connectivity index (χ1v) is 9.15. The molecular weight excluding hydrogens is 385 g/mol. The van der Waals surface area contributed by atoms with Crippen molar-refractivity contribution in [3.63, 3.8) is 0 Å². The summed E-state index contributed by atoms with van der Waals surface area (Å²) in [4.78, 5) is 37.9. The number of carbonyl (C=O) groups excluding carboxylic acids is 3. The van der Waals surface area contributed by atoms with Gasteiger partial charge in [0.15, 0.2) is 0 Å². The highest BCUT2D eigenvalue weighted by molar-refractivity contribution is 6.31. The van der Waals surface area contributed by atoms with E-state index in [1.807, 2.05) is 6.07 Å². The van der Waals surface area contributed by atoms with Crippen molar-refractivity contribution in [3.8, 4) is 0 Å². The van der Waals surface area contributed by atoms with Gasteiger partial charge in [-0.25, -0.2) is 4.39 Å². The van der Waals surface area contributed by atoms with Crippen LogP contribution in [0.1, 0.15) is 12.0 Å². The van der Waals surface area contributed by atoms with Crippen molar-refractivity contribution in [1.29, 1.82) is 0 Å². The minimum atomic E-state index is -0.561. The topological polar surface area (TPSA) is 78.5 Å². The number of benzene rings is 2. The lowest BCUT2D eigenvalue weighted by Crippen LogP contribution is -2.40. The summed E-state index contributed by atoms with van der Waals surface area (Å²) >= 11 is 6.03. The fourth-order valence-electron chi connectivity index (χ4n) is 2.96. The number of nitrogens with one attached hydrogen (secondary N) is 2. The van der Waals surface area contributed by atoms with Crippen molar-refractivity contribution >= 4 is 35.0 Å². The van der Waals surface area contributed by atoms with Crippen LogP contribution in [-0.2, 0) is 20.9 Å². The number of amides is 3. The van der Waals surface area contributed by atoms with Gasteiger partial charge in [-0.3, -0.25) is 14.4 Å². The van der Waals surface area contributed by atoms with E-state index in [0.29, 0.717) is 10.7 Å². The number of hydrogen-bond acceptors (Lipinski definition) is 3. The molecule has 1 heterocycles. The average Bonchev–Trinajstić information content (AvgIpc) is 3.08. The van der Waals surface area contributed by atoms with Crippen molar-refractivity contribution in [2.75, 3.05) is 18.0 Å². The predicted molar refractivity (Wildman–Crippen MR) is 103 cm³/mol. The van der Waals surface area contributed by atoms with Crippen LogP contribution >= 0.6 is 11.6 Å². The molecule has 0 saturated carbocycles. The lowest BCUT2D eigenvalue weighted by atomic mass is 10.1. The molecule has 0 radical (unpaired) electrons. The first-order chi connectivity index (χ1) is 13.4. The Hall–Kier alpha value is -2.93. The van der Waals surface area contributed by atoms with Gasteiger partial charge in [-0.2, -0.15) is 0 Å². The second kappa shape index (κ2) is 8.84. The number of anilines is 1. The minimum Gasteiger partial charge on any atom is -0.350 e. The van der Waals surface area contributed by atoms with Crippen LogP contribution in [-0.4, -0.2) is 30.8 Å². The zero-order valence-corrected chi connectivity index (χ0v) is 15.7. The molecule has 0 spiro atoms. The van der Waals surface area contributed by atoms with Crippen molar-refractivity contribution in [1.82, 2.24) is 10.6 Å². The van der Waals surface area contributed by atoms with Crippen LogP contribution in [0.5, 0.6) is 0 Å². The summed E-state index contributed by atoms with van der Waals surface area (Å²) in [5.74, 6) is -1.89. The number of rotatable bonds is 6. The monoisotopic (exact) mass is 403 g/mol.